The maximum absolute atomic E-state index is 12.7. The van der Waals surface area contributed by atoms with Gasteiger partial charge in [0.2, 0.25) is 0 Å². The molecule has 0 saturated heterocycles. The molecule has 0 unspecified atom stereocenters. The van der Waals surface area contributed by atoms with E-state index in [0.717, 1.165) is 29.3 Å². The van der Waals surface area contributed by atoms with Crippen molar-refractivity contribution in [2.24, 2.45) is 0 Å². The van der Waals surface area contributed by atoms with Gasteiger partial charge in [-0.25, -0.2) is 4.98 Å². The van der Waals surface area contributed by atoms with E-state index < -0.39 is 0 Å². The van der Waals surface area contributed by atoms with Crippen LogP contribution < -0.4 is 5.32 Å². The Hall–Kier alpha value is -1.82. The number of nitrogens with zero attached hydrogens (tertiary/aromatic N) is 2. The molecule has 0 aliphatic heterocycles. The summed E-state index contributed by atoms with van der Waals surface area (Å²) >= 11 is 1.51. The number of aromatic nitrogens is 2. The van der Waals surface area contributed by atoms with E-state index in [1.54, 1.807) is 6.20 Å². The van der Waals surface area contributed by atoms with Crippen molar-refractivity contribution in [2.45, 2.75) is 62.3 Å². The molecule has 0 radical (unpaired) electrons. The molecule has 0 spiro atoms. The predicted octanol–water partition coefficient (Wildman–Crippen LogP) is 4.12. The first-order chi connectivity index (χ1) is 11.7. The number of thioether (sulfide) groups is 1. The summed E-state index contributed by atoms with van der Waals surface area (Å²) in [4.78, 5) is 17.0. The number of nitrogens with one attached hydrogen (secondary N) is 1. The first kappa shape index (κ1) is 17.0. The quantitative estimate of drug-likeness (QED) is 0.652. The summed E-state index contributed by atoms with van der Waals surface area (Å²) in [5.41, 5.74) is 1.50. The van der Waals surface area contributed by atoms with E-state index in [0.29, 0.717) is 11.3 Å². The summed E-state index contributed by atoms with van der Waals surface area (Å²) in [5.74, 6) is 1.41. The molecular formula is C18H23N3O2S. The normalized spacial score (nSPS) is 15.9. The summed E-state index contributed by atoms with van der Waals surface area (Å²) in [5, 5.41) is 7.92. The van der Waals surface area contributed by atoms with Crippen LogP contribution in [0.2, 0.25) is 0 Å². The van der Waals surface area contributed by atoms with Crippen molar-refractivity contribution in [2.75, 3.05) is 0 Å². The number of carbonyl (C=O) groups is 1. The number of hydrogen-bond donors (Lipinski definition) is 1. The van der Waals surface area contributed by atoms with E-state index >= 15 is 0 Å². The highest BCUT2D eigenvalue weighted by molar-refractivity contribution is 7.98. The Morgan fingerprint density at radius 1 is 1.33 bits per heavy atom. The van der Waals surface area contributed by atoms with Crippen LogP contribution in [0, 0.1) is 6.92 Å². The van der Waals surface area contributed by atoms with Crippen molar-refractivity contribution in [1.82, 2.24) is 15.5 Å². The van der Waals surface area contributed by atoms with Crippen LogP contribution in [0.5, 0.6) is 0 Å². The molecule has 1 aliphatic rings. The van der Waals surface area contributed by atoms with Gasteiger partial charge >= 0.3 is 0 Å². The monoisotopic (exact) mass is 345 g/mol. The minimum absolute atomic E-state index is 0.0196. The van der Waals surface area contributed by atoms with Crippen LogP contribution in [0.15, 0.2) is 33.9 Å². The SMILES string of the molecule is Cc1cc(CSc2ncccc2C(=O)NC2CCCCCC2)no1. The molecule has 0 aromatic carbocycles. The molecule has 6 heteroatoms. The van der Waals surface area contributed by atoms with E-state index in [-0.39, 0.29) is 11.9 Å². The molecule has 0 atom stereocenters. The number of pyridine rings is 1. The van der Waals surface area contributed by atoms with Gasteiger partial charge in [0.05, 0.1) is 11.3 Å². The van der Waals surface area contributed by atoms with Gasteiger partial charge in [-0.05, 0) is 31.9 Å². The molecule has 5 nitrogen and oxygen atoms in total. The first-order valence-electron chi connectivity index (χ1n) is 8.53. The smallest absolute Gasteiger partial charge is 0.254 e. The molecule has 2 heterocycles. The van der Waals surface area contributed by atoms with Gasteiger partial charge in [-0.2, -0.15) is 0 Å². The molecule has 2 aromatic rings. The molecule has 1 amide bonds. The standard InChI is InChI=1S/C18H23N3O2S/c1-13-11-15(21-23-13)12-24-18-16(9-6-10-19-18)17(22)20-14-7-4-2-3-5-8-14/h6,9-11,14H,2-5,7-8,12H2,1H3,(H,20,22). The summed E-state index contributed by atoms with van der Waals surface area (Å²) in [6.45, 7) is 1.87. The van der Waals surface area contributed by atoms with Crippen molar-refractivity contribution < 1.29 is 9.32 Å². The lowest BCUT2D eigenvalue weighted by molar-refractivity contribution is 0.0929. The van der Waals surface area contributed by atoms with Crippen LogP contribution in [0.25, 0.3) is 0 Å². The third-order valence-electron chi connectivity index (χ3n) is 4.24. The molecule has 1 aliphatic carbocycles. The fourth-order valence-corrected chi connectivity index (χ4v) is 3.87. The van der Waals surface area contributed by atoms with Gasteiger partial charge in [0, 0.05) is 24.1 Å². The average molecular weight is 345 g/mol. The number of aryl methyl sites for hydroxylation is 1. The van der Waals surface area contributed by atoms with Gasteiger partial charge in [0.1, 0.15) is 10.8 Å². The van der Waals surface area contributed by atoms with Crippen LogP contribution in [-0.4, -0.2) is 22.1 Å². The van der Waals surface area contributed by atoms with Crippen molar-refractivity contribution in [3.05, 3.63) is 41.4 Å². The van der Waals surface area contributed by atoms with Crippen LogP contribution in [0.3, 0.4) is 0 Å². The fourth-order valence-electron chi connectivity index (χ4n) is 2.99. The van der Waals surface area contributed by atoms with E-state index in [2.05, 4.69) is 15.5 Å². The van der Waals surface area contributed by atoms with E-state index in [1.807, 2.05) is 25.1 Å². The number of rotatable bonds is 5. The molecule has 1 fully saturated rings. The van der Waals surface area contributed by atoms with Gasteiger partial charge in [-0.15, -0.1) is 0 Å². The largest absolute Gasteiger partial charge is 0.361 e. The summed E-state index contributed by atoms with van der Waals surface area (Å²) in [6, 6.07) is 5.85. The Kier molecular flexibility index (Phi) is 5.91. The molecule has 2 aromatic heterocycles. The van der Waals surface area contributed by atoms with Crippen molar-refractivity contribution >= 4 is 17.7 Å². The Labute approximate surface area is 146 Å². The maximum atomic E-state index is 12.7. The van der Waals surface area contributed by atoms with E-state index in [1.165, 1.54) is 37.4 Å². The predicted molar refractivity (Wildman–Crippen MR) is 94.0 cm³/mol. The van der Waals surface area contributed by atoms with Crippen LogP contribution in [0.1, 0.15) is 60.3 Å². The first-order valence-corrected chi connectivity index (χ1v) is 9.52. The van der Waals surface area contributed by atoms with Gasteiger partial charge in [-0.3, -0.25) is 4.79 Å². The third-order valence-corrected chi connectivity index (χ3v) is 5.28. The molecule has 128 valence electrons. The van der Waals surface area contributed by atoms with Crippen LogP contribution in [-0.2, 0) is 5.75 Å². The number of amides is 1. The topological polar surface area (TPSA) is 68.0 Å². The van der Waals surface area contributed by atoms with Gasteiger partial charge in [0.25, 0.3) is 5.91 Å². The summed E-state index contributed by atoms with van der Waals surface area (Å²) in [6.07, 6.45) is 8.82. The highest BCUT2D eigenvalue weighted by atomic mass is 32.2. The van der Waals surface area contributed by atoms with E-state index in [4.69, 9.17) is 4.52 Å². The Balaban J connectivity index is 1.65. The molecule has 3 rings (SSSR count). The van der Waals surface area contributed by atoms with Gasteiger partial charge < -0.3 is 9.84 Å². The van der Waals surface area contributed by atoms with Crippen LogP contribution in [0.4, 0.5) is 0 Å². The third kappa shape index (κ3) is 4.60. The van der Waals surface area contributed by atoms with Gasteiger partial charge in [-0.1, -0.05) is 42.6 Å². The maximum Gasteiger partial charge on any atom is 0.254 e. The number of carbonyl (C=O) groups excluding carboxylic acids is 1. The Morgan fingerprint density at radius 2 is 2.12 bits per heavy atom. The minimum atomic E-state index is -0.0196. The summed E-state index contributed by atoms with van der Waals surface area (Å²) < 4.78 is 5.08. The molecule has 1 saturated carbocycles. The molecular weight excluding hydrogens is 322 g/mol. The van der Waals surface area contributed by atoms with Gasteiger partial charge in [0.15, 0.2) is 0 Å². The van der Waals surface area contributed by atoms with Crippen molar-refractivity contribution in [3.63, 3.8) is 0 Å². The Morgan fingerprint density at radius 3 is 2.83 bits per heavy atom. The fraction of sp³-hybridized carbons (Fsp3) is 0.500. The van der Waals surface area contributed by atoms with E-state index in [9.17, 15) is 4.79 Å². The second-order valence-corrected chi connectivity index (χ2v) is 7.20. The molecule has 1 N–H and O–H groups in total. The lowest BCUT2D eigenvalue weighted by Crippen LogP contribution is -2.34. The zero-order chi connectivity index (χ0) is 16.8. The zero-order valence-electron chi connectivity index (χ0n) is 14.0. The highest BCUT2D eigenvalue weighted by Gasteiger charge is 2.18. The summed E-state index contributed by atoms with van der Waals surface area (Å²) in [7, 11) is 0. The highest BCUT2D eigenvalue weighted by Crippen LogP contribution is 2.25. The van der Waals surface area contributed by atoms with Crippen molar-refractivity contribution in [3.8, 4) is 0 Å². The Bertz CT molecular complexity index is 678. The molecule has 0 bridgehead atoms. The number of hydrogen-bond acceptors (Lipinski definition) is 5. The lowest BCUT2D eigenvalue weighted by Gasteiger charge is -2.17. The second-order valence-electron chi connectivity index (χ2n) is 6.24. The molecule has 24 heavy (non-hydrogen) atoms. The zero-order valence-corrected chi connectivity index (χ0v) is 14.8. The average Bonchev–Trinajstić information content (AvgIpc) is 2.84. The van der Waals surface area contributed by atoms with Crippen LogP contribution >= 0.6 is 11.8 Å². The minimum Gasteiger partial charge on any atom is -0.361 e. The second kappa shape index (κ2) is 8.33. The van der Waals surface area contributed by atoms with Crippen molar-refractivity contribution in [1.29, 1.82) is 0 Å². The lowest BCUT2D eigenvalue weighted by atomic mass is 10.1.